The summed E-state index contributed by atoms with van der Waals surface area (Å²) in [5.41, 5.74) is 4.16. The number of carbonyl (C=O) groups excluding carboxylic acids is 1. The molecular formula is C22H26N4O2. The van der Waals surface area contributed by atoms with E-state index in [1.54, 1.807) is 0 Å². The first-order valence-electron chi connectivity index (χ1n) is 9.82. The number of rotatable bonds is 5. The summed E-state index contributed by atoms with van der Waals surface area (Å²) in [6.07, 6.45) is 0.851. The molecule has 1 saturated heterocycles. The maximum absolute atomic E-state index is 12.4. The number of hydrogen-bond acceptors (Lipinski definition) is 4. The molecule has 1 fully saturated rings. The van der Waals surface area contributed by atoms with Gasteiger partial charge in [0, 0.05) is 32.7 Å². The lowest BCUT2D eigenvalue weighted by atomic mass is 10.1. The van der Waals surface area contributed by atoms with Crippen molar-refractivity contribution in [1.29, 1.82) is 0 Å². The van der Waals surface area contributed by atoms with Crippen molar-refractivity contribution < 1.29 is 9.21 Å². The average molecular weight is 378 g/mol. The molecule has 4 rings (SSSR count). The van der Waals surface area contributed by atoms with Crippen molar-refractivity contribution in [3.05, 3.63) is 65.5 Å². The molecule has 2 aromatic carbocycles. The second kappa shape index (κ2) is 8.44. The van der Waals surface area contributed by atoms with E-state index in [1.165, 1.54) is 11.1 Å². The van der Waals surface area contributed by atoms with Crippen LogP contribution in [0.3, 0.4) is 0 Å². The predicted molar refractivity (Wildman–Crippen MR) is 109 cm³/mol. The monoisotopic (exact) mass is 378 g/mol. The summed E-state index contributed by atoms with van der Waals surface area (Å²) in [6.45, 7) is 6.47. The zero-order valence-electron chi connectivity index (χ0n) is 16.2. The van der Waals surface area contributed by atoms with E-state index in [-0.39, 0.29) is 6.03 Å². The van der Waals surface area contributed by atoms with Crippen molar-refractivity contribution in [2.75, 3.05) is 32.7 Å². The van der Waals surface area contributed by atoms with Crippen molar-refractivity contribution in [2.45, 2.75) is 19.9 Å². The van der Waals surface area contributed by atoms with Crippen LogP contribution in [0.15, 0.2) is 52.9 Å². The molecule has 1 aromatic heterocycles. The molecule has 6 heteroatoms. The number of amides is 2. The van der Waals surface area contributed by atoms with Crippen LogP contribution in [0.4, 0.5) is 4.79 Å². The van der Waals surface area contributed by atoms with Gasteiger partial charge in [-0.1, -0.05) is 36.4 Å². The Morgan fingerprint density at radius 1 is 1.11 bits per heavy atom. The van der Waals surface area contributed by atoms with Gasteiger partial charge in [-0.25, -0.2) is 9.78 Å². The highest BCUT2D eigenvalue weighted by Crippen LogP contribution is 2.18. The van der Waals surface area contributed by atoms with Gasteiger partial charge in [0.2, 0.25) is 5.89 Å². The zero-order valence-corrected chi connectivity index (χ0v) is 16.2. The first-order chi connectivity index (χ1) is 13.7. The number of nitrogens with one attached hydrogen (secondary N) is 1. The summed E-state index contributed by atoms with van der Waals surface area (Å²) in [4.78, 5) is 21.1. The third-order valence-corrected chi connectivity index (χ3v) is 5.14. The lowest BCUT2D eigenvalue weighted by molar-refractivity contribution is 0.129. The molecule has 0 spiro atoms. The highest BCUT2D eigenvalue weighted by Gasteiger charge is 2.22. The maximum atomic E-state index is 12.4. The van der Waals surface area contributed by atoms with Gasteiger partial charge in [-0.05, 0) is 36.6 Å². The van der Waals surface area contributed by atoms with E-state index in [0.29, 0.717) is 13.1 Å². The highest BCUT2D eigenvalue weighted by molar-refractivity contribution is 5.74. The molecule has 28 heavy (non-hydrogen) atoms. The van der Waals surface area contributed by atoms with Gasteiger partial charge in [0.05, 0.1) is 6.54 Å². The Balaban J connectivity index is 1.23. The Hall–Kier alpha value is -2.86. The number of carbonyl (C=O) groups is 1. The van der Waals surface area contributed by atoms with Crippen molar-refractivity contribution >= 4 is 17.1 Å². The number of nitrogens with zero attached hydrogens (tertiary/aromatic N) is 3. The number of oxazole rings is 1. The molecule has 1 N–H and O–H groups in total. The normalized spacial score (nSPS) is 15.1. The minimum Gasteiger partial charge on any atom is -0.439 e. The molecule has 2 heterocycles. The number of piperazine rings is 1. The zero-order chi connectivity index (χ0) is 19.3. The lowest BCUT2D eigenvalue weighted by Gasteiger charge is -2.34. The Labute approximate surface area is 165 Å². The van der Waals surface area contributed by atoms with Crippen molar-refractivity contribution in [1.82, 2.24) is 20.1 Å². The van der Waals surface area contributed by atoms with Crippen LogP contribution in [-0.4, -0.2) is 53.5 Å². The first kappa shape index (κ1) is 18.5. The van der Waals surface area contributed by atoms with Crippen LogP contribution in [0.2, 0.25) is 0 Å². The Morgan fingerprint density at radius 2 is 1.89 bits per heavy atom. The van der Waals surface area contributed by atoms with Crippen LogP contribution in [0, 0.1) is 6.92 Å². The first-order valence-corrected chi connectivity index (χ1v) is 9.82. The summed E-state index contributed by atoms with van der Waals surface area (Å²) >= 11 is 0. The standard InChI is InChI=1S/C22H26N4O2/c1-17-7-8-20-19(15-17)24-21(28-20)16-25-11-13-26(14-12-25)22(27)23-10-9-18-5-3-2-4-6-18/h2-8,15H,9-14,16H2,1H3,(H,23,27). The summed E-state index contributed by atoms with van der Waals surface area (Å²) in [5.74, 6) is 0.737. The van der Waals surface area contributed by atoms with E-state index in [2.05, 4.69) is 34.3 Å². The average Bonchev–Trinajstić information content (AvgIpc) is 3.10. The number of fused-ring (bicyclic) bond motifs is 1. The van der Waals surface area contributed by atoms with Gasteiger partial charge in [0.15, 0.2) is 5.58 Å². The summed E-state index contributed by atoms with van der Waals surface area (Å²) < 4.78 is 5.85. The lowest BCUT2D eigenvalue weighted by Crippen LogP contribution is -2.51. The van der Waals surface area contributed by atoms with Gasteiger partial charge in [0.25, 0.3) is 0 Å². The quantitative estimate of drug-likeness (QED) is 0.741. The summed E-state index contributed by atoms with van der Waals surface area (Å²) in [7, 11) is 0. The molecule has 0 radical (unpaired) electrons. The number of aromatic nitrogens is 1. The van der Waals surface area contributed by atoms with Crippen LogP contribution in [-0.2, 0) is 13.0 Å². The largest absolute Gasteiger partial charge is 0.439 e. The molecule has 0 aliphatic carbocycles. The Kier molecular flexibility index (Phi) is 5.58. The number of urea groups is 1. The topological polar surface area (TPSA) is 61.6 Å². The van der Waals surface area contributed by atoms with E-state index in [1.807, 2.05) is 41.3 Å². The predicted octanol–water partition coefficient (Wildman–Crippen LogP) is 3.21. The summed E-state index contributed by atoms with van der Waals surface area (Å²) in [6, 6.07) is 16.3. The van der Waals surface area contributed by atoms with Gasteiger partial charge in [-0.3, -0.25) is 4.90 Å². The molecule has 6 nitrogen and oxygen atoms in total. The SMILES string of the molecule is Cc1ccc2oc(CN3CCN(C(=O)NCCc4ccccc4)CC3)nc2c1. The van der Waals surface area contributed by atoms with Gasteiger partial charge in [0.1, 0.15) is 5.52 Å². The van der Waals surface area contributed by atoms with E-state index < -0.39 is 0 Å². The molecule has 0 atom stereocenters. The minimum absolute atomic E-state index is 0.0212. The molecule has 1 aliphatic rings. The number of hydrogen-bond donors (Lipinski definition) is 1. The minimum atomic E-state index is 0.0212. The van der Waals surface area contributed by atoms with Crippen LogP contribution < -0.4 is 5.32 Å². The molecule has 0 unspecified atom stereocenters. The maximum Gasteiger partial charge on any atom is 0.317 e. The Morgan fingerprint density at radius 3 is 2.68 bits per heavy atom. The van der Waals surface area contributed by atoms with Crippen LogP contribution in [0.5, 0.6) is 0 Å². The van der Waals surface area contributed by atoms with Crippen molar-refractivity contribution in [2.24, 2.45) is 0 Å². The third-order valence-electron chi connectivity index (χ3n) is 5.14. The van der Waals surface area contributed by atoms with Crippen LogP contribution in [0.1, 0.15) is 17.0 Å². The van der Waals surface area contributed by atoms with Gasteiger partial charge >= 0.3 is 6.03 Å². The van der Waals surface area contributed by atoms with E-state index in [0.717, 1.165) is 49.6 Å². The molecule has 0 bridgehead atoms. The van der Waals surface area contributed by atoms with Gasteiger partial charge < -0.3 is 14.6 Å². The molecular weight excluding hydrogens is 352 g/mol. The molecule has 2 amide bonds. The van der Waals surface area contributed by atoms with E-state index >= 15 is 0 Å². The third kappa shape index (κ3) is 4.51. The second-order valence-corrected chi connectivity index (χ2v) is 7.31. The number of aryl methyl sites for hydroxylation is 1. The molecule has 3 aromatic rings. The molecule has 1 aliphatic heterocycles. The fourth-order valence-corrected chi connectivity index (χ4v) is 3.52. The fourth-order valence-electron chi connectivity index (χ4n) is 3.52. The number of benzene rings is 2. The van der Waals surface area contributed by atoms with Crippen molar-refractivity contribution in [3.8, 4) is 0 Å². The van der Waals surface area contributed by atoms with Gasteiger partial charge in [-0.15, -0.1) is 0 Å². The highest BCUT2D eigenvalue weighted by atomic mass is 16.3. The van der Waals surface area contributed by atoms with Gasteiger partial charge in [-0.2, -0.15) is 0 Å². The van der Waals surface area contributed by atoms with Crippen LogP contribution >= 0.6 is 0 Å². The van der Waals surface area contributed by atoms with Crippen molar-refractivity contribution in [3.63, 3.8) is 0 Å². The smallest absolute Gasteiger partial charge is 0.317 e. The summed E-state index contributed by atoms with van der Waals surface area (Å²) in [5, 5.41) is 3.03. The molecule has 0 saturated carbocycles. The fraction of sp³-hybridized carbons (Fsp3) is 0.364. The van der Waals surface area contributed by atoms with E-state index in [9.17, 15) is 4.79 Å². The van der Waals surface area contributed by atoms with E-state index in [4.69, 9.17) is 4.42 Å². The molecule has 146 valence electrons. The second-order valence-electron chi connectivity index (χ2n) is 7.31. The van der Waals surface area contributed by atoms with Crippen LogP contribution in [0.25, 0.3) is 11.1 Å². The Bertz CT molecular complexity index is 930.